The summed E-state index contributed by atoms with van der Waals surface area (Å²) in [6.07, 6.45) is -5.22. The highest BCUT2D eigenvalue weighted by atomic mass is 79.9. The molecule has 0 heterocycles. The van der Waals surface area contributed by atoms with Crippen molar-refractivity contribution in [1.82, 2.24) is 10.6 Å². The van der Waals surface area contributed by atoms with E-state index in [1.807, 2.05) is 0 Å². The summed E-state index contributed by atoms with van der Waals surface area (Å²) in [5.41, 5.74) is 8.99. The first-order valence-corrected chi connectivity index (χ1v) is 10.9. The molecule has 182 valence electrons. The van der Waals surface area contributed by atoms with Crippen LogP contribution in [-0.2, 0) is 15.8 Å². The highest BCUT2D eigenvalue weighted by Gasteiger charge is 2.32. The normalized spacial score (nSPS) is 11.9. The molecule has 2 aromatic carbocycles. The lowest BCUT2D eigenvalue weighted by Crippen LogP contribution is -2.39. The van der Waals surface area contributed by atoms with Gasteiger partial charge in [-0.15, -0.1) is 0 Å². The standard InChI is InChI=1S/C20H18Br2F3N5O4/c21-12-2-9(3-13(22)6-12)15(7-17(32)33)30-16(31)8-28-18(34)10-1-11(20(23,24)25)5-14(4-10)29-19(26)27/h1-6,15H,7-8H2,(H,28,34)(H,30,31)(H,32,33)(H4,26,27,29). The van der Waals surface area contributed by atoms with Crippen molar-refractivity contribution in [2.24, 2.45) is 16.5 Å². The summed E-state index contributed by atoms with van der Waals surface area (Å²) in [5, 5.41) is 13.9. The van der Waals surface area contributed by atoms with Crippen LogP contribution in [0.5, 0.6) is 0 Å². The number of halogens is 5. The molecule has 1 unspecified atom stereocenters. The SMILES string of the molecule is NC(N)=Nc1cc(C(=O)NCC(=O)NC(CC(=O)O)c2cc(Br)cc(Br)c2)cc(C(F)(F)F)c1. The van der Waals surface area contributed by atoms with Crippen LogP contribution >= 0.6 is 31.9 Å². The maximum absolute atomic E-state index is 13.2. The molecule has 34 heavy (non-hydrogen) atoms. The number of aliphatic imine (C=N–C) groups is 1. The molecule has 0 radical (unpaired) electrons. The second-order valence-electron chi connectivity index (χ2n) is 6.91. The molecule has 0 saturated carbocycles. The Labute approximate surface area is 208 Å². The predicted octanol–water partition coefficient (Wildman–Crippen LogP) is 3.20. The number of carbonyl (C=O) groups is 3. The monoisotopic (exact) mass is 607 g/mol. The summed E-state index contributed by atoms with van der Waals surface area (Å²) in [4.78, 5) is 39.6. The van der Waals surface area contributed by atoms with Gasteiger partial charge in [0.25, 0.3) is 5.91 Å². The maximum Gasteiger partial charge on any atom is 0.416 e. The topological polar surface area (TPSA) is 160 Å². The third kappa shape index (κ3) is 8.33. The van der Waals surface area contributed by atoms with Gasteiger partial charge in [-0.1, -0.05) is 31.9 Å². The fraction of sp³-hybridized carbons (Fsp3) is 0.200. The molecular weight excluding hydrogens is 591 g/mol. The van der Waals surface area contributed by atoms with Crippen LogP contribution in [0.2, 0.25) is 0 Å². The predicted molar refractivity (Wildman–Crippen MR) is 124 cm³/mol. The fourth-order valence-corrected chi connectivity index (χ4v) is 4.16. The zero-order valence-electron chi connectivity index (χ0n) is 17.1. The largest absolute Gasteiger partial charge is 0.481 e. The second kappa shape index (κ2) is 11.3. The van der Waals surface area contributed by atoms with Gasteiger partial charge in [0.1, 0.15) is 0 Å². The molecule has 0 aliphatic carbocycles. The molecule has 14 heteroatoms. The smallest absolute Gasteiger partial charge is 0.416 e. The van der Waals surface area contributed by atoms with E-state index in [1.165, 1.54) is 0 Å². The van der Waals surface area contributed by atoms with Crippen LogP contribution in [0.25, 0.3) is 0 Å². The van der Waals surface area contributed by atoms with Gasteiger partial charge in [-0.05, 0) is 42.0 Å². The van der Waals surface area contributed by atoms with Crippen molar-refractivity contribution in [2.75, 3.05) is 6.54 Å². The number of aliphatic carboxylic acids is 1. The molecular formula is C20H18Br2F3N5O4. The number of nitrogens with one attached hydrogen (secondary N) is 2. The molecule has 9 nitrogen and oxygen atoms in total. The molecule has 2 rings (SSSR count). The third-order valence-corrected chi connectivity index (χ3v) is 5.09. The third-order valence-electron chi connectivity index (χ3n) is 4.18. The van der Waals surface area contributed by atoms with Crippen molar-refractivity contribution in [3.63, 3.8) is 0 Å². The van der Waals surface area contributed by atoms with Gasteiger partial charge in [0.05, 0.1) is 30.3 Å². The second-order valence-corrected chi connectivity index (χ2v) is 8.74. The number of carboxylic acids is 1. The van der Waals surface area contributed by atoms with Gasteiger partial charge >= 0.3 is 12.1 Å². The van der Waals surface area contributed by atoms with E-state index in [0.717, 1.165) is 6.07 Å². The molecule has 1 atom stereocenters. The van der Waals surface area contributed by atoms with Crippen LogP contribution in [-0.4, -0.2) is 35.4 Å². The number of guanidine groups is 1. The number of nitrogens with two attached hydrogens (primary N) is 2. The highest BCUT2D eigenvalue weighted by molar-refractivity contribution is 9.11. The van der Waals surface area contributed by atoms with Gasteiger partial charge in [-0.25, -0.2) is 4.99 Å². The van der Waals surface area contributed by atoms with E-state index in [-0.39, 0.29) is 5.69 Å². The van der Waals surface area contributed by atoms with E-state index in [9.17, 15) is 32.7 Å². The molecule has 2 aromatic rings. The van der Waals surface area contributed by atoms with Crippen molar-refractivity contribution >= 4 is 61.3 Å². The number of rotatable bonds is 8. The van der Waals surface area contributed by atoms with E-state index in [2.05, 4.69) is 47.5 Å². The van der Waals surface area contributed by atoms with Gasteiger partial charge in [-0.3, -0.25) is 14.4 Å². The number of carbonyl (C=O) groups excluding carboxylic acids is 2. The van der Waals surface area contributed by atoms with E-state index < -0.39 is 60.1 Å². The summed E-state index contributed by atoms with van der Waals surface area (Å²) < 4.78 is 40.8. The average Bonchev–Trinajstić information content (AvgIpc) is 2.69. The lowest BCUT2D eigenvalue weighted by Gasteiger charge is -2.18. The molecule has 0 aromatic heterocycles. The van der Waals surface area contributed by atoms with E-state index in [0.29, 0.717) is 26.6 Å². The molecule has 7 N–H and O–H groups in total. The van der Waals surface area contributed by atoms with Crippen LogP contribution < -0.4 is 22.1 Å². The summed E-state index contributed by atoms with van der Waals surface area (Å²) >= 11 is 6.56. The zero-order chi connectivity index (χ0) is 25.6. The number of carboxylic acid groups (broad SMARTS) is 1. The van der Waals surface area contributed by atoms with Crippen LogP contribution in [0.3, 0.4) is 0 Å². The molecule has 0 aliphatic heterocycles. The Balaban J connectivity index is 2.17. The average molecular weight is 609 g/mol. The van der Waals surface area contributed by atoms with Gasteiger partial charge in [0.2, 0.25) is 5.91 Å². The van der Waals surface area contributed by atoms with E-state index >= 15 is 0 Å². The molecule has 0 spiro atoms. The van der Waals surface area contributed by atoms with E-state index in [1.54, 1.807) is 18.2 Å². The van der Waals surface area contributed by atoms with Gasteiger partial charge < -0.3 is 27.2 Å². The van der Waals surface area contributed by atoms with Crippen LogP contribution in [0.15, 0.2) is 50.3 Å². The molecule has 0 fully saturated rings. The Morgan fingerprint density at radius 3 is 2.18 bits per heavy atom. The van der Waals surface area contributed by atoms with Crippen molar-refractivity contribution in [1.29, 1.82) is 0 Å². The Kier molecular flexibility index (Phi) is 9.04. The van der Waals surface area contributed by atoms with Crippen molar-refractivity contribution in [3.8, 4) is 0 Å². The number of hydrogen-bond donors (Lipinski definition) is 5. The summed E-state index contributed by atoms with van der Waals surface area (Å²) in [6, 6.07) is 6.29. The van der Waals surface area contributed by atoms with Crippen LogP contribution in [0.4, 0.5) is 18.9 Å². The Hall–Kier alpha value is -3.13. The zero-order valence-corrected chi connectivity index (χ0v) is 20.3. The number of benzene rings is 2. The van der Waals surface area contributed by atoms with Crippen molar-refractivity contribution < 1.29 is 32.7 Å². The summed E-state index contributed by atoms with van der Waals surface area (Å²) in [5.74, 6) is -3.43. The minimum atomic E-state index is -4.77. The Morgan fingerprint density at radius 1 is 1.03 bits per heavy atom. The first kappa shape index (κ1) is 27.1. The first-order chi connectivity index (χ1) is 15.7. The van der Waals surface area contributed by atoms with Crippen molar-refractivity contribution in [2.45, 2.75) is 18.6 Å². The summed E-state index contributed by atoms with van der Waals surface area (Å²) in [7, 11) is 0. The summed E-state index contributed by atoms with van der Waals surface area (Å²) in [6.45, 7) is -0.627. The minimum Gasteiger partial charge on any atom is -0.481 e. The van der Waals surface area contributed by atoms with Gasteiger partial charge in [0.15, 0.2) is 5.96 Å². The number of hydrogen-bond acceptors (Lipinski definition) is 4. The Bertz CT molecular complexity index is 1120. The van der Waals surface area contributed by atoms with Crippen LogP contribution in [0.1, 0.15) is 33.9 Å². The van der Waals surface area contributed by atoms with Gasteiger partial charge in [0, 0.05) is 14.5 Å². The quantitative estimate of drug-likeness (QED) is 0.228. The molecule has 0 saturated heterocycles. The van der Waals surface area contributed by atoms with Gasteiger partial charge in [-0.2, -0.15) is 13.2 Å². The first-order valence-electron chi connectivity index (χ1n) is 9.32. The fourth-order valence-electron chi connectivity index (χ4n) is 2.83. The molecule has 0 bridgehead atoms. The highest BCUT2D eigenvalue weighted by Crippen LogP contribution is 2.33. The maximum atomic E-state index is 13.2. The number of nitrogens with zero attached hydrogens (tertiary/aromatic N) is 1. The minimum absolute atomic E-state index is 0.300. The lowest BCUT2D eigenvalue weighted by molar-refractivity contribution is -0.138. The van der Waals surface area contributed by atoms with Crippen molar-refractivity contribution in [3.05, 3.63) is 62.0 Å². The number of amides is 2. The molecule has 0 aliphatic rings. The van der Waals surface area contributed by atoms with E-state index in [4.69, 9.17) is 11.5 Å². The molecule has 2 amide bonds. The number of alkyl halides is 3. The Morgan fingerprint density at radius 2 is 1.65 bits per heavy atom. The lowest BCUT2D eigenvalue weighted by atomic mass is 10.0. The van der Waals surface area contributed by atoms with Crippen LogP contribution in [0, 0.1) is 0 Å².